The lowest BCUT2D eigenvalue weighted by molar-refractivity contribution is -0.0488. The third kappa shape index (κ3) is 5.34. The van der Waals surface area contributed by atoms with Crippen molar-refractivity contribution in [2.24, 2.45) is 0 Å². The van der Waals surface area contributed by atoms with Gasteiger partial charge in [0.15, 0.2) is 12.6 Å². The first-order valence-electron chi connectivity index (χ1n) is 6.91. The fraction of sp³-hybridized carbons (Fsp3) is 1.00. The second kappa shape index (κ2) is 8.03. The molecule has 0 amide bonds. The zero-order valence-corrected chi connectivity index (χ0v) is 10.6. The van der Waals surface area contributed by atoms with Gasteiger partial charge in [0.25, 0.3) is 0 Å². The Bertz CT molecular complexity index is 166. The van der Waals surface area contributed by atoms with Crippen molar-refractivity contribution in [1.82, 2.24) is 0 Å². The van der Waals surface area contributed by atoms with Gasteiger partial charge in [0, 0.05) is 0 Å². The van der Waals surface area contributed by atoms with Crippen LogP contribution in [0.4, 0.5) is 0 Å². The molecule has 0 aromatic heterocycles. The molecule has 2 saturated heterocycles. The largest absolute Gasteiger partial charge is 0.350 e. The number of unbranched alkanes of at least 4 members (excludes halogenated alkanes) is 4. The molecule has 0 spiro atoms. The van der Waals surface area contributed by atoms with Crippen LogP contribution in [0.1, 0.15) is 44.9 Å². The molecule has 17 heavy (non-hydrogen) atoms. The summed E-state index contributed by atoms with van der Waals surface area (Å²) in [5.41, 5.74) is 0. The summed E-state index contributed by atoms with van der Waals surface area (Å²) in [4.78, 5) is 0. The van der Waals surface area contributed by atoms with Gasteiger partial charge in [-0.1, -0.05) is 19.3 Å². The van der Waals surface area contributed by atoms with Gasteiger partial charge in [-0.2, -0.15) is 0 Å². The minimum atomic E-state index is 0.0790. The highest BCUT2D eigenvalue weighted by molar-refractivity contribution is 4.55. The first kappa shape index (κ1) is 13.3. The van der Waals surface area contributed by atoms with Crippen LogP contribution in [0.3, 0.4) is 0 Å². The zero-order chi connectivity index (χ0) is 11.8. The van der Waals surface area contributed by atoms with Crippen LogP contribution in [0.15, 0.2) is 0 Å². The molecule has 0 atom stereocenters. The molecule has 4 heteroatoms. The van der Waals surface area contributed by atoms with E-state index in [4.69, 9.17) is 18.9 Å². The van der Waals surface area contributed by atoms with E-state index in [-0.39, 0.29) is 12.6 Å². The highest BCUT2D eigenvalue weighted by Crippen LogP contribution is 2.16. The second-order valence-corrected chi connectivity index (χ2v) is 4.69. The Balaban J connectivity index is 1.33. The molecular weight excluding hydrogens is 220 g/mol. The Hall–Kier alpha value is -0.160. The Morgan fingerprint density at radius 3 is 1.29 bits per heavy atom. The normalized spacial score (nSPS) is 22.6. The van der Waals surface area contributed by atoms with E-state index in [1.165, 1.54) is 32.1 Å². The van der Waals surface area contributed by atoms with Gasteiger partial charge in [-0.15, -0.1) is 0 Å². The van der Waals surface area contributed by atoms with Crippen LogP contribution < -0.4 is 0 Å². The van der Waals surface area contributed by atoms with Gasteiger partial charge in [0.2, 0.25) is 0 Å². The maximum Gasteiger partial charge on any atom is 0.157 e. The van der Waals surface area contributed by atoms with Gasteiger partial charge in [0.05, 0.1) is 26.4 Å². The van der Waals surface area contributed by atoms with Gasteiger partial charge in [-0.05, 0) is 25.7 Å². The molecule has 0 aromatic rings. The highest BCUT2D eigenvalue weighted by Gasteiger charge is 2.15. The summed E-state index contributed by atoms with van der Waals surface area (Å²) < 4.78 is 21.6. The maximum atomic E-state index is 5.39. The average molecular weight is 244 g/mol. The Morgan fingerprint density at radius 1 is 0.529 bits per heavy atom. The van der Waals surface area contributed by atoms with Crippen molar-refractivity contribution in [1.29, 1.82) is 0 Å². The SMILES string of the molecule is C(CCCC1OCCO1)CCCC1OCCO1. The predicted molar refractivity (Wildman–Crippen MR) is 63.7 cm³/mol. The molecule has 0 aliphatic carbocycles. The predicted octanol–water partition coefficient (Wildman–Crippen LogP) is 2.46. The standard InChI is InChI=1S/C13H24O4/c1(2-4-6-12-14-8-9-15-12)3-5-7-13-16-10-11-17-13/h12-13H,1-11H2. The Labute approximate surface area is 104 Å². The van der Waals surface area contributed by atoms with Crippen LogP contribution in [-0.4, -0.2) is 39.0 Å². The van der Waals surface area contributed by atoms with E-state index >= 15 is 0 Å². The van der Waals surface area contributed by atoms with Crippen LogP contribution in [0.2, 0.25) is 0 Å². The summed E-state index contributed by atoms with van der Waals surface area (Å²) in [5, 5.41) is 0. The minimum absolute atomic E-state index is 0.0790. The van der Waals surface area contributed by atoms with Gasteiger partial charge in [0.1, 0.15) is 0 Å². The summed E-state index contributed by atoms with van der Waals surface area (Å²) >= 11 is 0. The molecule has 2 aliphatic heterocycles. The van der Waals surface area contributed by atoms with Crippen LogP contribution in [0.5, 0.6) is 0 Å². The van der Waals surface area contributed by atoms with Gasteiger partial charge < -0.3 is 18.9 Å². The van der Waals surface area contributed by atoms with Crippen molar-refractivity contribution in [2.75, 3.05) is 26.4 Å². The topological polar surface area (TPSA) is 36.9 Å². The highest BCUT2D eigenvalue weighted by atomic mass is 16.7. The van der Waals surface area contributed by atoms with Gasteiger partial charge in [-0.25, -0.2) is 0 Å². The molecule has 100 valence electrons. The summed E-state index contributed by atoms with van der Waals surface area (Å²) in [6.45, 7) is 3.08. The summed E-state index contributed by atoms with van der Waals surface area (Å²) in [7, 11) is 0. The number of rotatable bonds is 8. The smallest absolute Gasteiger partial charge is 0.157 e. The van der Waals surface area contributed by atoms with E-state index in [9.17, 15) is 0 Å². The van der Waals surface area contributed by atoms with Crippen molar-refractivity contribution >= 4 is 0 Å². The number of ether oxygens (including phenoxy) is 4. The van der Waals surface area contributed by atoms with E-state index in [1.54, 1.807) is 0 Å². The molecule has 0 saturated carbocycles. The first-order chi connectivity index (χ1) is 8.45. The van der Waals surface area contributed by atoms with Crippen LogP contribution in [0.25, 0.3) is 0 Å². The van der Waals surface area contributed by atoms with E-state index in [1.807, 2.05) is 0 Å². The molecule has 0 radical (unpaired) electrons. The summed E-state index contributed by atoms with van der Waals surface area (Å²) in [5.74, 6) is 0. The molecule has 2 heterocycles. The van der Waals surface area contributed by atoms with Crippen molar-refractivity contribution in [3.05, 3.63) is 0 Å². The van der Waals surface area contributed by atoms with Crippen LogP contribution in [-0.2, 0) is 18.9 Å². The minimum Gasteiger partial charge on any atom is -0.350 e. The Kier molecular flexibility index (Phi) is 6.27. The van der Waals surface area contributed by atoms with Crippen LogP contribution >= 0.6 is 0 Å². The average Bonchev–Trinajstić information content (AvgIpc) is 3.00. The number of hydrogen-bond acceptors (Lipinski definition) is 4. The van der Waals surface area contributed by atoms with Crippen molar-refractivity contribution in [2.45, 2.75) is 57.5 Å². The lowest BCUT2D eigenvalue weighted by Crippen LogP contribution is -2.07. The molecule has 2 rings (SSSR count). The van der Waals surface area contributed by atoms with Crippen molar-refractivity contribution in [3.8, 4) is 0 Å². The molecule has 0 unspecified atom stereocenters. The third-order valence-corrected chi connectivity index (χ3v) is 3.26. The third-order valence-electron chi connectivity index (χ3n) is 3.26. The van der Waals surface area contributed by atoms with E-state index < -0.39 is 0 Å². The maximum absolute atomic E-state index is 5.39. The fourth-order valence-corrected chi connectivity index (χ4v) is 2.30. The summed E-state index contributed by atoms with van der Waals surface area (Å²) in [6.07, 6.45) is 8.52. The summed E-state index contributed by atoms with van der Waals surface area (Å²) in [6, 6.07) is 0. The molecular formula is C13H24O4. The van der Waals surface area contributed by atoms with E-state index in [0.29, 0.717) is 0 Å². The molecule has 0 bridgehead atoms. The van der Waals surface area contributed by atoms with Crippen molar-refractivity contribution < 1.29 is 18.9 Å². The second-order valence-electron chi connectivity index (χ2n) is 4.69. The molecule has 2 aliphatic rings. The lowest BCUT2D eigenvalue weighted by atomic mass is 10.1. The van der Waals surface area contributed by atoms with Crippen molar-refractivity contribution in [3.63, 3.8) is 0 Å². The van der Waals surface area contributed by atoms with Gasteiger partial charge >= 0.3 is 0 Å². The molecule has 0 aromatic carbocycles. The monoisotopic (exact) mass is 244 g/mol. The fourth-order valence-electron chi connectivity index (χ4n) is 2.30. The van der Waals surface area contributed by atoms with Crippen LogP contribution in [0, 0.1) is 0 Å². The molecule has 0 N–H and O–H groups in total. The van der Waals surface area contributed by atoms with Gasteiger partial charge in [-0.3, -0.25) is 0 Å². The lowest BCUT2D eigenvalue weighted by Gasteiger charge is -2.09. The Morgan fingerprint density at radius 2 is 0.882 bits per heavy atom. The number of hydrogen-bond donors (Lipinski definition) is 0. The molecule has 4 nitrogen and oxygen atoms in total. The first-order valence-corrected chi connectivity index (χ1v) is 6.91. The zero-order valence-electron chi connectivity index (χ0n) is 10.6. The quantitative estimate of drug-likeness (QED) is 0.615. The van der Waals surface area contributed by atoms with E-state index in [2.05, 4.69) is 0 Å². The van der Waals surface area contributed by atoms with E-state index in [0.717, 1.165) is 39.3 Å². The molecule has 2 fully saturated rings.